The Labute approximate surface area is 91.1 Å². The van der Waals surface area contributed by atoms with E-state index < -0.39 is 5.60 Å². The molecule has 0 radical (unpaired) electrons. The third-order valence-electron chi connectivity index (χ3n) is 3.36. The molecular weight excluding hydrogens is 186 g/mol. The summed E-state index contributed by atoms with van der Waals surface area (Å²) in [4.78, 5) is 0. The fourth-order valence-electron chi connectivity index (χ4n) is 2.44. The second-order valence-corrected chi connectivity index (χ2v) is 4.66. The van der Waals surface area contributed by atoms with E-state index in [2.05, 4.69) is 0 Å². The van der Waals surface area contributed by atoms with Crippen LogP contribution in [0.4, 0.5) is 5.69 Å². The van der Waals surface area contributed by atoms with Crippen LogP contribution in [-0.4, -0.2) is 10.7 Å². The molecule has 1 saturated carbocycles. The van der Waals surface area contributed by atoms with Crippen molar-refractivity contribution >= 4 is 5.69 Å². The molecule has 0 aromatic heterocycles. The van der Waals surface area contributed by atoms with Crippen LogP contribution >= 0.6 is 0 Å². The van der Waals surface area contributed by atoms with Gasteiger partial charge in [-0.3, -0.25) is 0 Å². The van der Waals surface area contributed by atoms with Gasteiger partial charge in [-0.1, -0.05) is 37.5 Å². The van der Waals surface area contributed by atoms with E-state index in [0.29, 0.717) is 6.42 Å². The van der Waals surface area contributed by atoms with Gasteiger partial charge in [-0.05, 0) is 24.5 Å². The maximum atomic E-state index is 10.4. The SMILES string of the molecule is Nc1ccccc1CC1(O)CCCCC1. The maximum Gasteiger partial charge on any atom is 0.0688 e. The van der Waals surface area contributed by atoms with Crippen molar-refractivity contribution in [2.24, 2.45) is 0 Å². The second kappa shape index (κ2) is 4.23. The standard InChI is InChI=1S/C13H19NO/c14-12-7-3-2-6-11(12)10-13(15)8-4-1-5-9-13/h2-3,6-7,15H,1,4-5,8-10,14H2. The summed E-state index contributed by atoms with van der Waals surface area (Å²) in [5.74, 6) is 0. The number of benzene rings is 1. The molecule has 1 aliphatic carbocycles. The summed E-state index contributed by atoms with van der Waals surface area (Å²) in [5.41, 5.74) is 7.27. The lowest BCUT2D eigenvalue weighted by atomic mass is 9.80. The van der Waals surface area contributed by atoms with E-state index in [1.807, 2.05) is 24.3 Å². The highest BCUT2D eigenvalue weighted by atomic mass is 16.3. The molecule has 0 atom stereocenters. The number of nitrogen functional groups attached to an aromatic ring is 1. The molecule has 2 rings (SSSR count). The van der Waals surface area contributed by atoms with E-state index in [9.17, 15) is 5.11 Å². The number of rotatable bonds is 2. The van der Waals surface area contributed by atoms with E-state index in [1.165, 1.54) is 6.42 Å². The van der Waals surface area contributed by atoms with Gasteiger partial charge in [0.25, 0.3) is 0 Å². The Bertz CT molecular complexity index is 329. The van der Waals surface area contributed by atoms with Crippen LogP contribution in [0.2, 0.25) is 0 Å². The van der Waals surface area contributed by atoms with Gasteiger partial charge in [0, 0.05) is 12.1 Å². The van der Waals surface area contributed by atoms with E-state index in [1.54, 1.807) is 0 Å². The smallest absolute Gasteiger partial charge is 0.0688 e. The van der Waals surface area contributed by atoms with Crippen LogP contribution in [0.1, 0.15) is 37.7 Å². The van der Waals surface area contributed by atoms with Gasteiger partial charge < -0.3 is 10.8 Å². The Morgan fingerprint density at radius 2 is 1.80 bits per heavy atom. The lowest BCUT2D eigenvalue weighted by Gasteiger charge is -2.32. The fourth-order valence-corrected chi connectivity index (χ4v) is 2.44. The Morgan fingerprint density at radius 1 is 1.13 bits per heavy atom. The van der Waals surface area contributed by atoms with Gasteiger partial charge in [0.2, 0.25) is 0 Å². The van der Waals surface area contributed by atoms with Crippen molar-refractivity contribution in [2.75, 3.05) is 5.73 Å². The monoisotopic (exact) mass is 205 g/mol. The van der Waals surface area contributed by atoms with Crippen LogP contribution in [0.15, 0.2) is 24.3 Å². The van der Waals surface area contributed by atoms with Crippen molar-refractivity contribution in [2.45, 2.75) is 44.1 Å². The lowest BCUT2D eigenvalue weighted by molar-refractivity contribution is 0.00462. The molecule has 0 saturated heterocycles. The van der Waals surface area contributed by atoms with Crippen molar-refractivity contribution in [1.82, 2.24) is 0 Å². The van der Waals surface area contributed by atoms with Gasteiger partial charge in [-0.15, -0.1) is 0 Å². The minimum Gasteiger partial charge on any atom is -0.399 e. The van der Waals surface area contributed by atoms with Crippen molar-refractivity contribution in [3.05, 3.63) is 29.8 Å². The summed E-state index contributed by atoms with van der Waals surface area (Å²) in [6.07, 6.45) is 6.08. The third kappa shape index (κ3) is 2.51. The maximum absolute atomic E-state index is 10.4. The molecule has 1 fully saturated rings. The number of anilines is 1. The normalized spacial score (nSPS) is 20.1. The molecule has 1 aromatic rings. The summed E-state index contributed by atoms with van der Waals surface area (Å²) in [5, 5.41) is 10.4. The predicted molar refractivity (Wildman–Crippen MR) is 62.6 cm³/mol. The van der Waals surface area contributed by atoms with Crippen LogP contribution in [-0.2, 0) is 6.42 Å². The Balaban J connectivity index is 2.10. The molecule has 1 aromatic carbocycles. The highest BCUT2D eigenvalue weighted by Crippen LogP contribution is 2.32. The molecule has 0 unspecified atom stereocenters. The van der Waals surface area contributed by atoms with Crippen LogP contribution < -0.4 is 5.73 Å². The zero-order valence-corrected chi connectivity index (χ0v) is 9.08. The number of aliphatic hydroxyl groups is 1. The van der Waals surface area contributed by atoms with E-state index >= 15 is 0 Å². The molecule has 0 aliphatic heterocycles. The highest BCUT2D eigenvalue weighted by Gasteiger charge is 2.29. The molecule has 15 heavy (non-hydrogen) atoms. The molecule has 82 valence electrons. The van der Waals surface area contributed by atoms with Gasteiger partial charge in [0.05, 0.1) is 5.60 Å². The molecule has 2 nitrogen and oxygen atoms in total. The molecule has 2 heteroatoms. The molecule has 3 N–H and O–H groups in total. The number of para-hydroxylation sites is 1. The van der Waals surface area contributed by atoms with Gasteiger partial charge in [0.1, 0.15) is 0 Å². The highest BCUT2D eigenvalue weighted by molar-refractivity contribution is 5.47. The van der Waals surface area contributed by atoms with Crippen molar-refractivity contribution in [1.29, 1.82) is 0 Å². The first-order valence-corrected chi connectivity index (χ1v) is 5.75. The number of hydrogen-bond acceptors (Lipinski definition) is 2. The average molecular weight is 205 g/mol. The van der Waals surface area contributed by atoms with Crippen LogP contribution in [0.5, 0.6) is 0 Å². The van der Waals surface area contributed by atoms with E-state index in [4.69, 9.17) is 5.73 Å². The first-order valence-electron chi connectivity index (χ1n) is 5.75. The van der Waals surface area contributed by atoms with Crippen LogP contribution in [0.3, 0.4) is 0 Å². The molecule has 0 amide bonds. The fraction of sp³-hybridized carbons (Fsp3) is 0.538. The summed E-state index contributed by atoms with van der Waals surface area (Å²) >= 11 is 0. The van der Waals surface area contributed by atoms with Crippen molar-refractivity contribution < 1.29 is 5.11 Å². The van der Waals surface area contributed by atoms with E-state index in [0.717, 1.165) is 36.9 Å². The topological polar surface area (TPSA) is 46.2 Å². The third-order valence-corrected chi connectivity index (χ3v) is 3.36. The zero-order valence-electron chi connectivity index (χ0n) is 9.08. The predicted octanol–water partition coefficient (Wildman–Crippen LogP) is 2.51. The van der Waals surface area contributed by atoms with Crippen LogP contribution in [0, 0.1) is 0 Å². The van der Waals surface area contributed by atoms with Gasteiger partial charge >= 0.3 is 0 Å². The largest absolute Gasteiger partial charge is 0.399 e. The average Bonchev–Trinajstić information content (AvgIpc) is 2.22. The van der Waals surface area contributed by atoms with Gasteiger partial charge in [-0.25, -0.2) is 0 Å². The summed E-state index contributed by atoms with van der Waals surface area (Å²) < 4.78 is 0. The van der Waals surface area contributed by atoms with Gasteiger partial charge in [-0.2, -0.15) is 0 Å². The first kappa shape index (κ1) is 10.5. The minimum absolute atomic E-state index is 0.506. The zero-order chi connectivity index (χ0) is 10.7. The summed E-state index contributed by atoms with van der Waals surface area (Å²) in [7, 11) is 0. The lowest BCUT2D eigenvalue weighted by Crippen LogP contribution is -2.34. The molecule has 0 spiro atoms. The molecule has 0 heterocycles. The van der Waals surface area contributed by atoms with Gasteiger partial charge in [0.15, 0.2) is 0 Å². The number of nitrogens with two attached hydrogens (primary N) is 1. The van der Waals surface area contributed by atoms with Crippen LogP contribution in [0.25, 0.3) is 0 Å². The Hall–Kier alpha value is -1.02. The second-order valence-electron chi connectivity index (χ2n) is 4.66. The van der Waals surface area contributed by atoms with Crippen molar-refractivity contribution in [3.8, 4) is 0 Å². The molecular formula is C13H19NO. The Kier molecular flexibility index (Phi) is 2.96. The molecule has 0 bridgehead atoms. The minimum atomic E-state index is -0.506. The molecule has 1 aliphatic rings. The first-order chi connectivity index (χ1) is 7.20. The van der Waals surface area contributed by atoms with Crippen molar-refractivity contribution in [3.63, 3.8) is 0 Å². The quantitative estimate of drug-likeness (QED) is 0.729. The number of hydrogen-bond donors (Lipinski definition) is 2. The summed E-state index contributed by atoms with van der Waals surface area (Å²) in [6.45, 7) is 0. The van der Waals surface area contributed by atoms with E-state index in [-0.39, 0.29) is 0 Å². The Morgan fingerprint density at radius 3 is 2.47 bits per heavy atom. The summed E-state index contributed by atoms with van der Waals surface area (Å²) in [6, 6.07) is 7.84.